The Morgan fingerprint density at radius 1 is 1.03 bits per heavy atom. The predicted octanol–water partition coefficient (Wildman–Crippen LogP) is 4.09. The van der Waals surface area contributed by atoms with Gasteiger partial charge in [0.2, 0.25) is 5.95 Å². The molecule has 1 N–H and O–H groups in total. The van der Waals surface area contributed by atoms with Crippen molar-refractivity contribution in [1.82, 2.24) is 29.7 Å². The third kappa shape index (κ3) is 4.59. The first-order chi connectivity index (χ1) is 15.5. The topological polar surface area (TPSA) is 70.1 Å². The summed E-state index contributed by atoms with van der Waals surface area (Å²) in [6.07, 6.45) is 3.06. The van der Waals surface area contributed by atoms with Gasteiger partial charge in [0, 0.05) is 44.5 Å². The number of pyridine rings is 1. The molecule has 0 aliphatic carbocycles. The molecular formula is C23H24FN7S. The maximum absolute atomic E-state index is 14.5. The van der Waals surface area contributed by atoms with E-state index >= 15 is 0 Å². The molecule has 1 aromatic carbocycles. The third-order valence-corrected chi connectivity index (χ3v) is 6.51. The van der Waals surface area contributed by atoms with Gasteiger partial charge in [-0.3, -0.25) is 4.90 Å². The molecule has 1 aliphatic heterocycles. The second-order valence-electron chi connectivity index (χ2n) is 8.06. The van der Waals surface area contributed by atoms with Gasteiger partial charge < -0.3 is 10.2 Å². The summed E-state index contributed by atoms with van der Waals surface area (Å²) in [5.41, 5.74) is 3.01. The Morgan fingerprint density at radius 3 is 2.66 bits per heavy atom. The van der Waals surface area contributed by atoms with Gasteiger partial charge in [-0.1, -0.05) is 12.1 Å². The lowest BCUT2D eigenvalue weighted by atomic mass is 10.1. The smallest absolute Gasteiger partial charge is 0.229 e. The van der Waals surface area contributed by atoms with Crippen molar-refractivity contribution in [3.05, 3.63) is 59.1 Å². The number of fused-ring (bicyclic) bond motifs is 1. The van der Waals surface area contributed by atoms with Crippen molar-refractivity contribution >= 4 is 33.3 Å². The minimum atomic E-state index is -0.466. The fraction of sp³-hybridized carbons (Fsp3) is 0.304. The number of hydrogen-bond acceptors (Lipinski definition) is 8. The summed E-state index contributed by atoms with van der Waals surface area (Å²) in [5.74, 6) is 0.464. The number of nitrogens with one attached hydrogen (secondary N) is 1. The van der Waals surface area contributed by atoms with Gasteiger partial charge in [-0.05, 0) is 37.7 Å². The molecule has 164 valence electrons. The van der Waals surface area contributed by atoms with Crippen molar-refractivity contribution in [3.8, 4) is 11.3 Å². The fourth-order valence-electron chi connectivity index (χ4n) is 3.79. The first kappa shape index (κ1) is 20.9. The fourth-order valence-corrected chi connectivity index (χ4v) is 4.65. The van der Waals surface area contributed by atoms with Gasteiger partial charge in [-0.25, -0.2) is 24.3 Å². The Labute approximate surface area is 190 Å². The summed E-state index contributed by atoms with van der Waals surface area (Å²) in [5, 5.41) is 4.07. The van der Waals surface area contributed by atoms with E-state index in [0.717, 1.165) is 53.5 Å². The quantitative estimate of drug-likeness (QED) is 0.492. The van der Waals surface area contributed by atoms with Crippen molar-refractivity contribution in [1.29, 1.82) is 0 Å². The average Bonchev–Trinajstić information content (AvgIpc) is 3.17. The van der Waals surface area contributed by atoms with Crippen LogP contribution in [0.3, 0.4) is 0 Å². The summed E-state index contributed by atoms with van der Waals surface area (Å²) < 4.78 is 15.5. The highest BCUT2D eigenvalue weighted by Gasteiger charge is 2.15. The maximum Gasteiger partial charge on any atom is 0.229 e. The standard InChI is InChI=1S/C23H24FN7S/c1-15-27-19-5-4-17(11-20(19)32-15)22-18(24)13-26-23(29-22)28-21-6-3-16(12-25-21)14-31-9-7-30(2)8-10-31/h3-6,11-13H,7-10,14H2,1-2H3,(H,25,26,28,29). The summed E-state index contributed by atoms with van der Waals surface area (Å²) >= 11 is 1.58. The van der Waals surface area contributed by atoms with Gasteiger partial charge in [0.15, 0.2) is 5.82 Å². The molecule has 9 heteroatoms. The minimum Gasteiger partial charge on any atom is -0.309 e. The molecule has 1 fully saturated rings. The lowest BCUT2D eigenvalue weighted by Crippen LogP contribution is -2.43. The maximum atomic E-state index is 14.5. The molecule has 0 atom stereocenters. The zero-order valence-corrected chi connectivity index (χ0v) is 18.9. The van der Waals surface area contributed by atoms with Crippen molar-refractivity contribution in [2.24, 2.45) is 0 Å². The largest absolute Gasteiger partial charge is 0.309 e. The molecule has 0 spiro atoms. The Balaban J connectivity index is 1.31. The van der Waals surface area contributed by atoms with Crippen LogP contribution >= 0.6 is 11.3 Å². The number of anilines is 2. The number of halogens is 1. The molecule has 5 rings (SSSR count). The van der Waals surface area contributed by atoms with Crippen molar-refractivity contribution in [2.75, 3.05) is 38.5 Å². The molecular weight excluding hydrogens is 425 g/mol. The van der Waals surface area contributed by atoms with E-state index in [-0.39, 0.29) is 5.69 Å². The van der Waals surface area contributed by atoms with Crippen LogP contribution in [0.25, 0.3) is 21.5 Å². The Bertz CT molecular complexity index is 1230. The molecule has 0 unspecified atom stereocenters. The highest BCUT2D eigenvalue weighted by molar-refractivity contribution is 7.18. The van der Waals surface area contributed by atoms with Crippen molar-refractivity contribution in [3.63, 3.8) is 0 Å². The number of aryl methyl sites for hydroxylation is 1. The Kier molecular flexibility index (Phi) is 5.77. The number of aromatic nitrogens is 4. The monoisotopic (exact) mass is 449 g/mol. The van der Waals surface area contributed by atoms with Gasteiger partial charge >= 0.3 is 0 Å². The van der Waals surface area contributed by atoms with Gasteiger partial charge in [0.1, 0.15) is 11.5 Å². The average molecular weight is 450 g/mol. The highest BCUT2D eigenvalue weighted by atomic mass is 32.1. The van der Waals surface area contributed by atoms with E-state index in [2.05, 4.69) is 48.2 Å². The van der Waals surface area contributed by atoms with Crippen LogP contribution in [-0.4, -0.2) is 63.0 Å². The molecule has 0 radical (unpaired) electrons. The number of rotatable bonds is 5. The summed E-state index contributed by atoms with van der Waals surface area (Å²) in [7, 11) is 2.15. The van der Waals surface area contributed by atoms with E-state index in [1.54, 1.807) is 11.3 Å². The lowest BCUT2D eigenvalue weighted by molar-refractivity contribution is 0.148. The number of thiazole rings is 1. The summed E-state index contributed by atoms with van der Waals surface area (Å²) in [6.45, 7) is 7.16. The van der Waals surface area contributed by atoms with Crippen LogP contribution < -0.4 is 5.32 Å². The second-order valence-corrected chi connectivity index (χ2v) is 9.30. The molecule has 1 aliphatic rings. The van der Waals surface area contributed by atoms with Crippen molar-refractivity contribution in [2.45, 2.75) is 13.5 Å². The molecule has 3 aromatic heterocycles. The molecule has 32 heavy (non-hydrogen) atoms. The van der Waals surface area contributed by atoms with E-state index in [1.165, 1.54) is 6.20 Å². The molecule has 4 aromatic rings. The van der Waals surface area contributed by atoms with Crippen LogP contribution in [0.5, 0.6) is 0 Å². The molecule has 0 bridgehead atoms. The van der Waals surface area contributed by atoms with Gasteiger partial charge in [0.25, 0.3) is 0 Å². The van der Waals surface area contributed by atoms with Crippen LogP contribution in [0.15, 0.2) is 42.7 Å². The Morgan fingerprint density at radius 2 is 1.88 bits per heavy atom. The van der Waals surface area contributed by atoms with E-state index < -0.39 is 5.82 Å². The number of hydrogen-bond donors (Lipinski definition) is 1. The zero-order chi connectivity index (χ0) is 22.1. The number of piperazine rings is 1. The van der Waals surface area contributed by atoms with Crippen LogP contribution in [0, 0.1) is 12.7 Å². The number of likely N-dealkylation sites (N-methyl/N-ethyl adjacent to an activating group) is 1. The van der Waals surface area contributed by atoms with Crippen LogP contribution in [0.4, 0.5) is 16.2 Å². The van der Waals surface area contributed by atoms with Gasteiger partial charge in [-0.15, -0.1) is 11.3 Å². The molecule has 0 saturated carbocycles. The number of nitrogens with zero attached hydrogens (tertiary/aromatic N) is 6. The van der Waals surface area contributed by atoms with E-state index in [1.807, 2.05) is 37.4 Å². The molecule has 7 nitrogen and oxygen atoms in total. The summed E-state index contributed by atoms with van der Waals surface area (Å²) in [6, 6.07) is 9.61. The Hall–Kier alpha value is -3.01. The molecule has 4 heterocycles. The van der Waals surface area contributed by atoms with Gasteiger partial charge in [-0.2, -0.15) is 0 Å². The zero-order valence-electron chi connectivity index (χ0n) is 18.0. The van der Waals surface area contributed by atoms with E-state index in [0.29, 0.717) is 17.3 Å². The van der Waals surface area contributed by atoms with Crippen LogP contribution in [-0.2, 0) is 6.54 Å². The number of benzene rings is 1. The molecule has 0 amide bonds. The van der Waals surface area contributed by atoms with Crippen LogP contribution in [0.1, 0.15) is 10.6 Å². The van der Waals surface area contributed by atoms with Crippen molar-refractivity contribution < 1.29 is 4.39 Å². The first-order valence-corrected chi connectivity index (χ1v) is 11.4. The molecule has 1 saturated heterocycles. The van der Waals surface area contributed by atoms with Crippen LogP contribution in [0.2, 0.25) is 0 Å². The lowest BCUT2D eigenvalue weighted by Gasteiger charge is -2.32. The SMILES string of the molecule is Cc1nc2ccc(-c3nc(Nc4ccc(CN5CCN(C)CC5)cn4)ncc3F)cc2s1. The summed E-state index contributed by atoms with van der Waals surface area (Å²) in [4.78, 5) is 22.2. The minimum absolute atomic E-state index is 0.252. The van der Waals surface area contributed by atoms with Gasteiger partial charge in [0.05, 0.1) is 21.4 Å². The normalized spacial score (nSPS) is 15.3. The second kappa shape index (κ2) is 8.85. The van der Waals surface area contributed by atoms with E-state index in [9.17, 15) is 4.39 Å². The highest BCUT2D eigenvalue weighted by Crippen LogP contribution is 2.29. The first-order valence-electron chi connectivity index (χ1n) is 10.6. The van der Waals surface area contributed by atoms with E-state index in [4.69, 9.17) is 0 Å². The predicted molar refractivity (Wildman–Crippen MR) is 126 cm³/mol. The third-order valence-electron chi connectivity index (χ3n) is 5.58.